The number of piperidine rings is 1. The maximum Gasteiger partial charge on any atom is 0.312 e. The van der Waals surface area contributed by atoms with E-state index in [1.54, 1.807) is 0 Å². The average Bonchev–Trinajstić information content (AvgIpc) is 2.37. The lowest BCUT2D eigenvalue weighted by Gasteiger charge is -2.36. The van der Waals surface area contributed by atoms with Gasteiger partial charge in [-0.3, -0.25) is 4.79 Å². The van der Waals surface area contributed by atoms with Crippen LogP contribution in [-0.2, 0) is 14.3 Å². The van der Waals surface area contributed by atoms with Crippen LogP contribution in [-0.4, -0.2) is 38.4 Å². The number of nitrogens with one attached hydrogen (secondary N) is 1. The molecule has 4 heteroatoms. The Morgan fingerprint density at radius 3 is 2.56 bits per heavy atom. The van der Waals surface area contributed by atoms with Crippen LogP contribution in [0.3, 0.4) is 0 Å². The van der Waals surface area contributed by atoms with Gasteiger partial charge in [0.25, 0.3) is 0 Å². The number of hydrogen-bond donors (Lipinski definition) is 1. The summed E-state index contributed by atoms with van der Waals surface area (Å²) in [6.45, 7) is 8.94. The Bertz CT molecular complexity index is 244. The molecule has 4 nitrogen and oxygen atoms in total. The molecule has 0 bridgehead atoms. The summed E-state index contributed by atoms with van der Waals surface area (Å²) in [5, 5.41) is 3.31. The molecule has 0 saturated carbocycles. The van der Waals surface area contributed by atoms with Gasteiger partial charge in [-0.1, -0.05) is 13.3 Å². The quantitative estimate of drug-likeness (QED) is 0.710. The maximum atomic E-state index is 12.4. The second-order valence-corrected chi connectivity index (χ2v) is 5.16. The highest BCUT2D eigenvalue weighted by Crippen LogP contribution is 2.35. The topological polar surface area (TPSA) is 47.6 Å². The van der Waals surface area contributed by atoms with Crippen molar-refractivity contribution in [2.75, 3.05) is 26.3 Å². The van der Waals surface area contributed by atoms with Gasteiger partial charge in [0.1, 0.15) is 6.10 Å². The minimum Gasteiger partial charge on any atom is -0.460 e. The van der Waals surface area contributed by atoms with Crippen LogP contribution in [0.25, 0.3) is 0 Å². The summed E-state index contributed by atoms with van der Waals surface area (Å²) < 4.78 is 10.8. The van der Waals surface area contributed by atoms with E-state index in [0.717, 1.165) is 38.8 Å². The van der Waals surface area contributed by atoms with Crippen molar-refractivity contribution < 1.29 is 14.3 Å². The normalized spacial score (nSPS) is 20.4. The van der Waals surface area contributed by atoms with Crippen molar-refractivity contribution >= 4 is 5.97 Å². The van der Waals surface area contributed by atoms with Crippen LogP contribution in [0.2, 0.25) is 0 Å². The van der Waals surface area contributed by atoms with Crippen molar-refractivity contribution in [1.29, 1.82) is 0 Å². The van der Waals surface area contributed by atoms with E-state index < -0.39 is 0 Å². The Hall–Kier alpha value is -0.610. The lowest BCUT2D eigenvalue weighted by atomic mass is 9.75. The molecule has 0 aromatic carbocycles. The van der Waals surface area contributed by atoms with Crippen molar-refractivity contribution in [2.24, 2.45) is 5.41 Å². The third-order valence-electron chi connectivity index (χ3n) is 3.59. The summed E-state index contributed by atoms with van der Waals surface area (Å²) in [6.07, 6.45) is 3.58. The Balaban J connectivity index is 2.53. The highest BCUT2D eigenvalue weighted by Gasteiger charge is 2.40. The van der Waals surface area contributed by atoms with Gasteiger partial charge >= 0.3 is 5.97 Å². The molecule has 1 atom stereocenters. The zero-order valence-electron chi connectivity index (χ0n) is 12.0. The summed E-state index contributed by atoms with van der Waals surface area (Å²) in [5.41, 5.74) is -0.263. The zero-order chi connectivity index (χ0) is 13.4. The molecule has 106 valence electrons. The molecular formula is C14H27NO3. The van der Waals surface area contributed by atoms with Gasteiger partial charge in [0.2, 0.25) is 0 Å². The lowest BCUT2D eigenvalue weighted by Crippen LogP contribution is -2.44. The first kappa shape index (κ1) is 15.4. The number of carbonyl (C=O) groups is 1. The first-order valence-electron chi connectivity index (χ1n) is 7.14. The van der Waals surface area contributed by atoms with Crippen LogP contribution in [0.15, 0.2) is 0 Å². The molecule has 1 saturated heterocycles. The first-order chi connectivity index (χ1) is 8.64. The van der Waals surface area contributed by atoms with Crippen LogP contribution in [0.5, 0.6) is 0 Å². The molecular weight excluding hydrogens is 230 g/mol. The number of esters is 1. The Morgan fingerprint density at radius 2 is 2.00 bits per heavy atom. The molecule has 1 fully saturated rings. The number of rotatable bonds is 7. The van der Waals surface area contributed by atoms with Gasteiger partial charge in [-0.25, -0.2) is 0 Å². The Morgan fingerprint density at radius 1 is 1.33 bits per heavy atom. The van der Waals surface area contributed by atoms with Crippen molar-refractivity contribution in [1.82, 2.24) is 5.32 Å². The molecule has 0 amide bonds. The molecule has 1 rings (SSSR count). The van der Waals surface area contributed by atoms with Crippen LogP contribution in [0.4, 0.5) is 0 Å². The van der Waals surface area contributed by atoms with E-state index in [1.165, 1.54) is 0 Å². The maximum absolute atomic E-state index is 12.4. The molecule has 1 unspecified atom stereocenters. The van der Waals surface area contributed by atoms with Crippen LogP contribution < -0.4 is 5.32 Å². The fourth-order valence-electron chi connectivity index (χ4n) is 2.57. The summed E-state index contributed by atoms with van der Waals surface area (Å²) in [7, 11) is 0. The van der Waals surface area contributed by atoms with Gasteiger partial charge < -0.3 is 14.8 Å². The smallest absolute Gasteiger partial charge is 0.312 e. The van der Waals surface area contributed by atoms with Crippen LogP contribution in [0.1, 0.15) is 46.5 Å². The summed E-state index contributed by atoms with van der Waals surface area (Å²) in [5.74, 6) is -0.0296. The van der Waals surface area contributed by atoms with E-state index in [-0.39, 0.29) is 17.5 Å². The fourth-order valence-corrected chi connectivity index (χ4v) is 2.57. The van der Waals surface area contributed by atoms with Gasteiger partial charge in [-0.2, -0.15) is 0 Å². The van der Waals surface area contributed by atoms with Gasteiger partial charge in [0.15, 0.2) is 0 Å². The van der Waals surface area contributed by atoms with Crippen LogP contribution in [0, 0.1) is 5.41 Å². The third-order valence-corrected chi connectivity index (χ3v) is 3.59. The molecule has 1 N–H and O–H groups in total. The summed E-state index contributed by atoms with van der Waals surface area (Å²) in [4.78, 5) is 12.4. The minimum absolute atomic E-state index is 0.0296. The zero-order valence-corrected chi connectivity index (χ0v) is 12.0. The largest absolute Gasteiger partial charge is 0.460 e. The number of carbonyl (C=O) groups excluding carboxylic acids is 1. The molecule has 0 aromatic rings. The summed E-state index contributed by atoms with van der Waals surface area (Å²) in [6, 6.07) is 0. The molecule has 1 aliphatic heterocycles. The van der Waals surface area contributed by atoms with Gasteiger partial charge in [0.05, 0.1) is 12.0 Å². The van der Waals surface area contributed by atoms with Crippen LogP contribution >= 0.6 is 0 Å². The van der Waals surface area contributed by atoms with E-state index in [1.807, 2.05) is 13.8 Å². The molecule has 0 spiro atoms. The average molecular weight is 257 g/mol. The number of hydrogen-bond acceptors (Lipinski definition) is 4. The molecule has 18 heavy (non-hydrogen) atoms. The lowest BCUT2D eigenvalue weighted by molar-refractivity contribution is -0.166. The van der Waals surface area contributed by atoms with E-state index >= 15 is 0 Å². The highest BCUT2D eigenvalue weighted by molar-refractivity contribution is 5.77. The molecule has 0 aliphatic carbocycles. The van der Waals surface area contributed by atoms with Crippen molar-refractivity contribution in [3.63, 3.8) is 0 Å². The first-order valence-corrected chi connectivity index (χ1v) is 7.14. The van der Waals surface area contributed by atoms with Gasteiger partial charge in [-0.05, 0) is 46.2 Å². The Kier molecular flexibility index (Phi) is 6.65. The minimum atomic E-state index is -0.263. The second-order valence-electron chi connectivity index (χ2n) is 5.16. The molecule has 1 aliphatic rings. The van der Waals surface area contributed by atoms with Crippen molar-refractivity contribution in [3.8, 4) is 0 Å². The predicted molar refractivity (Wildman–Crippen MR) is 71.5 cm³/mol. The van der Waals surface area contributed by atoms with Gasteiger partial charge in [0, 0.05) is 6.61 Å². The van der Waals surface area contributed by atoms with E-state index in [0.29, 0.717) is 13.2 Å². The monoisotopic (exact) mass is 257 g/mol. The third kappa shape index (κ3) is 4.25. The standard InChI is InChI=1S/C14H27NO3/c1-4-6-14(7-9-15-10-8-14)13(16)18-12(3)11-17-5-2/h12,15H,4-11H2,1-3H3. The van der Waals surface area contributed by atoms with E-state index in [9.17, 15) is 4.79 Å². The Labute approximate surface area is 110 Å². The van der Waals surface area contributed by atoms with Gasteiger partial charge in [-0.15, -0.1) is 0 Å². The second kappa shape index (κ2) is 7.74. The number of ether oxygens (including phenoxy) is 2. The van der Waals surface area contributed by atoms with E-state index in [2.05, 4.69) is 12.2 Å². The highest BCUT2D eigenvalue weighted by atomic mass is 16.6. The van der Waals surface area contributed by atoms with E-state index in [4.69, 9.17) is 9.47 Å². The predicted octanol–water partition coefficient (Wildman–Crippen LogP) is 2.12. The molecule has 0 radical (unpaired) electrons. The van der Waals surface area contributed by atoms with Crippen molar-refractivity contribution in [2.45, 2.75) is 52.6 Å². The molecule has 1 heterocycles. The fraction of sp³-hybridized carbons (Fsp3) is 0.929. The SMILES string of the molecule is CCCC1(C(=O)OC(C)COCC)CCNCC1. The molecule has 0 aromatic heterocycles. The van der Waals surface area contributed by atoms with Crippen molar-refractivity contribution in [3.05, 3.63) is 0 Å². The summed E-state index contributed by atoms with van der Waals surface area (Å²) >= 11 is 0.